The molecule has 3 aromatic rings. The molecule has 34 heavy (non-hydrogen) atoms. The van der Waals surface area contributed by atoms with Crippen molar-refractivity contribution in [1.29, 1.82) is 0 Å². The Morgan fingerprint density at radius 1 is 0.971 bits per heavy atom. The van der Waals surface area contributed by atoms with Crippen LogP contribution in [0, 0.1) is 5.92 Å². The molecule has 6 heteroatoms. The smallest absolute Gasteiger partial charge is 0.238 e. The number of benzene rings is 3. The van der Waals surface area contributed by atoms with Crippen molar-refractivity contribution in [3.8, 4) is 0 Å². The van der Waals surface area contributed by atoms with E-state index in [1.165, 1.54) is 6.92 Å². The van der Waals surface area contributed by atoms with Crippen molar-refractivity contribution in [2.45, 2.75) is 24.4 Å². The second-order valence-electron chi connectivity index (χ2n) is 9.02. The number of ketones is 2. The first kappa shape index (κ1) is 20.9. The summed E-state index contributed by atoms with van der Waals surface area (Å²) in [4.78, 5) is 43.5. The van der Waals surface area contributed by atoms with E-state index in [-0.39, 0.29) is 17.5 Å². The fourth-order valence-electron chi connectivity index (χ4n) is 6.10. The van der Waals surface area contributed by atoms with Crippen LogP contribution in [0.2, 0.25) is 5.02 Å². The lowest BCUT2D eigenvalue weighted by Crippen LogP contribution is -2.51. The number of rotatable bonds is 3. The van der Waals surface area contributed by atoms with Gasteiger partial charge in [0, 0.05) is 16.9 Å². The molecule has 1 N–H and O–H groups in total. The number of anilines is 2. The van der Waals surface area contributed by atoms with Crippen LogP contribution >= 0.6 is 11.6 Å². The van der Waals surface area contributed by atoms with Gasteiger partial charge in [-0.3, -0.25) is 14.4 Å². The number of halogens is 1. The van der Waals surface area contributed by atoms with Gasteiger partial charge >= 0.3 is 0 Å². The van der Waals surface area contributed by atoms with E-state index in [2.05, 4.69) is 5.32 Å². The van der Waals surface area contributed by atoms with E-state index >= 15 is 0 Å². The highest BCUT2D eigenvalue weighted by Gasteiger charge is 2.69. The molecule has 168 valence electrons. The van der Waals surface area contributed by atoms with Crippen molar-refractivity contribution < 1.29 is 14.4 Å². The highest BCUT2D eigenvalue weighted by Crippen LogP contribution is 2.57. The number of para-hydroxylation sites is 2. The second kappa shape index (κ2) is 7.40. The van der Waals surface area contributed by atoms with Gasteiger partial charge in [0.05, 0.1) is 23.0 Å². The molecule has 1 fully saturated rings. The normalized spacial score (nSPS) is 26.1. The van der Waals surface area contributed by atoms with E-state index in [4.69, 9.17) is 11.6 Å². The van der Waals surface area contributed by atoms with Gasteiger partial charge in [-0.25, -0.2) is 0 Å². The zero-order chi connectivity index (χ0) is 23.6. The minimum atomic E-state index is -1.28. The molecule has 1 spiro atoms. The molecule has 3 aliphatic heterocycles. The van der Waals surface area contributed by atoms with Crippen LogP contribution in [0.15, 0.2) is 78.9 Å². The SMILES string of the molecule is CC(=O)[C@H]1[C@@H](C(=O)c2ccccc2Cl)[C@]2(C(=O)Nc3ccccc32)[C@H]2C=Cc3ccccc3N12. The van der Waals surface area contributed by atoms with Crippen LogP contribution in [-0.4, -0.2) is 29.6 Å². The minimum Gasteiger partial charge on any atom is -0.352 e. The second-order valence-corrected chi connectivity index (χ2v) is 9.42. The quantitative estimate of drug-likeness (QED) is 0.555. The first-order chi connectivity index (χ1) is 16.5. The first-order valence-electron chi connectivity index (χ1n) is 11.2. The van der Waals surface area contributed by atoms with Crippen LogP contribution in [0.1, 0.15) is 28.4 Å². The van der Waals surface area contributed by atoms with Gasteiger partial charge in [0.25, 0.3) is 0 Å². The largest absolute Gasteiger partial charge is 0.352 e. The van der Waals surface area contributed by atoms with E-state index in [9.17, 15) is 14.4 Å². The molecule has 0 bridgehead atoms. The summed E-state index contributed by atoms with van der Waals surface area (Å²) in [6, 6.07) is 20.7. The van der Waals surface area contributed by atoms with Crippen LogP contribution < -0.4 is 10.2 Å². The van der Waals surface area contributed by atoms with Gasteiger partial charge in [0.1, 0.15) is 5.41 Å². The number of nitrogens with one attached hydrogen (secondary N) is 1. The summed E-state index contributed by atoms with van der Waals surface area (Å²) in [6.07, 6.45) is 3.94. The third-order valence-corrected chi connectivity index (χ3v) is 7.71. The van der Waals surface area contributed by atoms with Gasteiger partial charge in [-0.15, -0.1) is 0 Å². The summed E-state index contributed by atoms with van der Waals surface area (Å²) in [5, 5.41) is 3.30. The molecular formula is C28H21ClN2O3. The number of nitrogens with zero attached hydrogens (tertiary/aromatic N) is 1. The molecule has 6 rings (SSSR count). The molecule has 0 saturated carbocycles. The maximum Gasteiger partial charge on any atom is 0.238 e. The van der Waals surface area contributed by atoms with E-state index in [1.54, 1.807) is 24.3 Å². The van der Waals surface area contributed by atoms with Crippen molar-refractivity contribution in [2.24, 2.45) is 5.92 Å². The molecule has 3 aromatic carbocycles. The van der Waals surface area contributed by atoms with E-state index < -0.39 is 23.4 Å². The van der Waals surface area contributed by atoms with Crippen molar-refractivity contribution >= 4 is 46.5 Å². The van der Waals surface area contributed by atoms with Gasteiger partial charge in [0.2, 0.25) is 5.91 Å². The number of hydrogen-bond donors (Lipinski definition) is 1. The molecule has 0 unspecified atom stereocenters. The van der Waals surface area contributed by atoms with E-state index in [0.717, 1.165) is 16.8 Å². The van der Waals surface area contributed by atoms with Crippen LogP contribution in [0.3, 0.4) is 0 Å². The molecule has 5 nitrogen and oxygen atoms in total. The predicted octanol–water partition coefficient (Wildman–Crippen LogP) is 4.90. The van der Waals surface area contributed by atoms with Crippen molar-refractivity contribution in [3.63, 3.8) is 0 Å². The Morgan fingerprint density at radius 3 is 2.47 bits per heavy atom. The predicted molar refractivity (Wildman–Crippen MR) is 132 cm³/mol. The molecule has 3 heterocycles. The van der Waals surface area contributed by atoms with Crippen molar-refractivity contribution in [2.75, 3.05) is 10.2 Å². The highest BCUT2D eigenvalue weighted by atomic mass is 35.5. The lowest BCUT2D eigenvalue weighted by Gasteiger charge is -2.37. The van der Waals surface area contributed by atoms with E-state index in [0.29, 0.717) is 16.3 Å². The van der Waals surface area contributed by atoms with Crippen molar-refractivity contribution in [1.82, 2.24) is 0 Å². The summed E-state index contributed by atoms with van der Waals surface area (Å²) in [6.45, 7) is 1.49. The molecule has 0 aromatic heterocycles. The third kappa shape index (κ3) is 2.59. The van der Waals surface area contributed by atoms with Crippen LogP contribution in [0.25, 0.3) is 6.08 Å². The van der Waals surface area contributed by atoms with Crippen LogP contribution in [0.4, 0.5) is 11.4 Å². The maximum absolute atomic E-state index is 14.3. The minimum absolute atomic E-state index is 0.172. The number of hydrogen-bond acceptors (Lipinski definition) is 4. The number of amides is 1. The average Bonchev–Trinajstić information content (AvgIpc) is 3.32. The fraction of sp³-hybridized carbons (Fsp3) is 0.179. The van der Waals surface area contributed by atoms with Gasteiger partial charge in [-0.2, -0.15) is 0 Å². The molecule has 0 radical (unpaired) electrons. The van der Waals surface area contributed by atoms with Crippen molar-refractivity contribution in [3.05, 3.63) is 101 Å². The monoisotopic (exact) mass is 468 g/mol. The molecule has 3 aliphatic rings. The van der Waals surface area contributed by atoms with Gasteiger partial charge in [-0.1, -0.05) is 72.3 Å². The van der Waals surface area contributed by atoms with Gasteiger partial charge < -0.3 is 10.2 Å². The Labute approximate surface area is 202 Å². The number of fused-ring (bicyclic) bond motifs is 6. The van der Waals surface area contributed by atoms with Crippen LogP contribution in [-0.2, 0) is 15.0 Å². The van der Waals surface area contributed by atoms with E-state index in [1.807, 2.05) is 65.6 Å². The fourth-order valence-corrected chi connectivity index (χ4v) is 6.33. The summed E-state index contributed by atoms with van der Waals surface area (Å²) >= 11 is 6.46. The zero-order valence-electron chi connectivity index (χ0n) is 18.4. The third-order valence-electron chi connectivity index (χ3n) is 7.38. The Kier molecular flexibility index (Phi) is 4.55. The summed E-state index contributed by atoms with van der Waals surface area (Å²) < 4.78 is 0. The topological polar surface area (TPSA) is 66.5 Å². The zero-order valence-corrected chi connectivity index (χ0v) is 19.1. The van der Waals surface area contributed by atoms with Crippen LogP contribution in [0.5, 0.6) is 0 Å². The lowest BCUT2D eigenvalue weighted by atomic mass is 9.64. The molecule has 1 saturated heterocycles. The highest BCUT2D eigenvalue weighted by molar-refractivity contribution is 6.34. The first-order valence-corrected chi connectivity index (χ1v) is 11.6. The average molecular weight is 469 g/mol. The standard InChI is InChI=1S/C28H21ClN2O3/c1-16(32)25-24(26(33)18-9-3-5-11-20(18)29)28(19-10-4-6-12-21(19)30-27(28)34)23-15-14-17-8-2-7-13-22(17)31(23)25/h2-15,23-25H,1H3,(H,30,34)/t23-,24+,25+,28-/m1/s1. The summed E-state index contributed by atoms with van der Waals surface area (Å²) in [5.41, 5.74) is 2.20. The Hall–Kier alpha value is -3.70. The Bertz CT molecular complexity index is 1410. The Morgan fingerprint density at radius 2 is 1.68 bits per heavy atom. The number of Topliss-reactive ketones (excluding diaryl/α,β-unsaturated/α-hetero) is 2. The summed E-state index contributed by atoms with van der Waals surface area (Å²) in [7, 11) is 0. The molecule has 0 aliphatic carbocycles. The number of carbonyl (C=O) groups is 3. The molecule has 1 amide bonds. The number of carbonyl (C=O) groups excluding carboxylic acids is 3. The molecule has 4 atom stereocenters. The van der Waals surface area contributed by atoms with Gasteiger partial charge in [0.15, 0.2) is 11.6 Å². The lowest BCUT2D eigenvalue weighted by molar-refractivity contribution is -0.122. The molecular weight excluding hydrogens is 448 g/mol. The Balaban J connectivity index is 1.68. The van der Waals surface area contributed by atoms with Gasteiger partial charge in [-0.05, 0) is 42.3 Å². The maximum atomic E-state index is 14.3. The summed E-state index contributed by atoms with van der Waals surface area (Å²) in [5.74, 6) is -1.72.